The van der Waals surface area contributed by atoms with Crippen LogP contribution in [0.1, 0.15) is 5.56 Å². The average molecular weight is 295 g/mol. The monoisotopic (exact) mass is 294 g/mol. The highest BCUT2D eigenvalue weighted by Crippen LogP contribution is 2.30. The Hall–Kier alpha value is -2.14. The highest BCUT2D eigenvalue weighted by molar-refractivity contribution is 6.30. The highest BCUT2D eigenvalue weighted by atomic mass is 35.5. The van der Waals surface area contributed by atoms with Crippen molar-refractivity contribution in [2.75, 3.05) is 11.9 Å². The summed E-state index contributed by atoms with van der Waals surface area (Å²) in [5.41, 5.74) is 0.657. The summed E-state index contributed by atoms with van der Waals surface area (Å²) in [7, 11) is 1.68. The summed E-state index contributed by atoms with van der Waals surface area (Å²) in [6.45, 7) is 0.418. The van der Waals surface area contributed by atoms with Crippen molar-refractivity contribution in [1.82, 2.24) is 0 Å². The first kappa shape index (κ1) is 14.3. The third-order valence-corrected chi connectivity index (χ3v) is 3.14. The van der Waals surface area contributed by atoms with Gasteiger partial charge in [0, 0.05) is 18.6 Å². The molecule has 6 heteroatoms. The first-order valence-electron chi connectivity index (χ1n) is 5.87. The van der Waals surface area contributed by atoms with E-state index < -0.39 is 16.4 Å². The van der Waals surface area contributed by atoms with Crippen molar-refractivity contribution in [3.05, 3.63) is 69.0 Å². The van der Waals surface area contributed by atoms with Crippen molar-refractivity contribution < 1.29 is 9.31 Å². The number of nitro benzene ring substituents is 1. The van der Waals surface area contributed by atoms with Crippen LogP contribution in [0.4, 0.5) is 15.8 Å². The lowest BCUT2D eigenvalue weighted by Crippen LogP contribution is -2.18. The van der Waals surface area contributed by atoms with Crippen molar-refractivity contribution in [1.29, 1.82) is 0 Å². The van der Waals surface area contributed by atoms with Gasteiger partial charge < -0.3 is 4.90 Å². The van der Waals surface area contributed by atoms with E-state index in [4.69, 9.17) is 11.6 Å². The lowest BCUT2D eigenvalue weighted by atomic mass is 10.2. The fourth-order valence-electron chi connectivity index (χ4n) is 1.94. The van der Waals surface area contributed by atoms with Gasteiger partial charge in [-0.1, -0.05) is 29.8 Å². The Bertz CT molecular complexity index is 632. The predicted molar refractivity (Wildman–Crippen MR) is 76.6 cm³/mol. The van der Waals surface area contributed by atoms with Crippen molar-refractivity contribution in [2.24, 2.45) is 0 Å². The van der Waals surface area contributed by atoms with Crippen molar-refractivity contribution in [3.8, 4) is 0 Å². The zero-order chi connectivity index (χ0) is 14.7. The Balaban J connectivity index is 2.29. The van der Waals surface area contributed by atoms with E-state index in [9.17, 15) is 14.5 Å². The van der Waals surface area contributed by atoms with E-state index in [-0.39, 0.29) is 5.69 Å². The Kier molecular flexibility index (Phi) is 4.20. The summed E-state index contributed by atoms with van der Waals surface area (Å²) in [4.78, 5) is 11.9. The van der Waals surface area contributed by atoms with Crippen LogP contribution in [0.5, 0.6) is 0 Å². The van der Waals surface area contributed by atoms with E-state index in [0.29, 0.717) is 11.6 Å². The van der Waals surface area contributed by atoms with Crippen LogP contribution in [0, 0.1) is 15.9 Å². The minimum absolute atomic E-state index is 0.241. The van der Waals surface area contributed by atoms with Gasteiger partial charge in [0.2, 0.25) is 5.82 Å². The molecule has 0 amide bonds. The number of rotatable bonds is 4. The molecule has 0 heterocycles. The largest absolute Gasteiger partial charge is 0.365 e. The molecular formula is C14H12ClFN2O2. The molecule has 2 aromatic rings. The molecule has 0 aliphatic rings. The van der Waals surface area contributed by atoms with Crippen LogP contribution in [0.3, 0.4) is 0 Å². The van der Waals surface area contributed by atoms with Gasteiger partial charge in [-0.05, 0) is 29.8 Å². The summed E-state index contributed by atoms with van der Waals surface area (Å²) in [6.07, 6.45) is 0. The Morgan fingerprint density at radius 3 is 2.50 bits per heavy atom. The van der Waals surface area contributed by atoms with E-state index in [1.165, 1.54) is 12.1 Å². The Morgan fingerprint density at radius 1 is 1.25 bits per heavy atom. The molecule has 0 N–H and O–H groups in total. The maximum Gasteiger partial charge on any atom is 0.327 e. The summed E-state index contributed by atoms with van der Waals surface area (Å²) in [5.74, 6) is -0.838. The minimum Gasteiger partial charge on any atom is -0.365 e. The van der Waals surface area contributed by atoms with E-state index in [2.05, 4.69) is 0 Å². The molecule has 0 radical (unpaired) electrons. The molecule has 104 valence electrons. The van der Waals surface area contributed by atoms with Crippen LogP contribution in [-0.4, -0.2) is 12.0 Å². The zero-order valence-corrected chi connectivity index (χ0v) is 11.5. The molecule has 0 fully saturated rings. The summed E-state index contributed by atoms with van der Waals surface area (Å²) < 4.78 is 13.6. The second-order valence-electron chi connectivity index (χ2n) is 4.35. The molecule has 0 aromatic heterocycles. The normalized spacial score (nSPS) is 10.3. The maximum atomic E-state index is 13.6. The second kappa shape index (κ2) is 5.88. The van der Waals surface area contributed by atoms with E-state index >= 15 is 0 Å². The van der Waals surface area contributed by atoms with Crippen LogP contribution < -0.4 is 4.90 Å². The van der Waals surface area contributed by atoms with Gasteiger partial charge in [0.15, 0.2) is 0 Å². The molecule has 0 aliphatic heterocycles. The van der Waals surface area contributed by atoms with Gasteiger partial charge in [0.05, 0.1) is 4.92 Å². The third-order valence-electron chi connectivity index (χ3n) is 2.89. The van der Waals surface area contributed by atoms with Crippen LogP contribution in [0.2, 0.25) is 5.02 Å². The molecule has 0 atom stereocenters. The summed E-state index contributed by atoms with van der Waals surface area (Å²) in [6, 6.07) is 11.2. The second-order valence-corrected chi connectivity index (χ2v) is 4.78. The van der Waals surface area contributed by atoms with Crippen LogP contribution in [0.25, 0.3) is 0 Å². The molecular weight excluding hydrogens is 283 g/mol. The molecule has 0 saturated heterocycles. The van der Waals surface area contributed by atoms with Gasteiger partial charge in [0.1, 0.15) is 5.69 Å². The van der Waals surface area contributed by atoms with E-state index in [1.807, 2.05) is 12.1 Å². The smallest absolute Gasteiger partial charge is 0.327 e. The van der Waals surface area contributed by atoms with Gasteiger partial charge in [-0.3, -0.25) is 10.1 Å². The van der Waals surface area contributed by atoms with Crippen molar-refractivity contribution in [3.63, 3.8) is 0 Å². The SMILES string of the molecule is CN(Cc1ccc(Cl)cc1)c1cccc(F)c1[N+](=O)[O-]. The molecule has 2 aromatic carbocycles. The molecule has 0 saturated carbocycles. The highest BCUT2D eigenvalue weighted by Gasteiger charge is 2.22. The topological polar surface area (TPSA) is 46.4 Å². The first-order valence-corrected chi connectivity index (χ1v) is 6.25. The quantitative estimate of drug-likeness (QED) is 0.632. The molecule has 4 nitrogen and oxygen atoms in total. The average Bonchev–Trinajstić information content (AvgIpc) is 2.40. The number of nitrogens with zero attached hydrogens (tertiary/aromatic N) is 2. The molecule has 2 rings (SSSR count). The van der Waals surface area contributed by atoms with E-state index in [0.717, 1.165) is 11.6 Å². The standard InChI is InChI=1S/C14H12ClFN2O2/c1-17(9-10-5-7-11(15)8-6-10)13-4-2-3-12(16)14(13)18(19)20/h2-8H,9H2,1H3. The number of para-hydroxylation sites is 1. The molecule has 0 bridgehead atoms. The van der Waals surface area contributed by atoms with Crippen molar-refractivity contribution in [2.45, 2.75) is 6.54 Å². The number of nitro groups is 1. The Labute approximate surface area is 120 Å². The molecule has 20 heavy (non-hydrogen) atoms. The lowest BCUT2D eigenvalue weighted by Gasteiger charge is -2.19. The first-order chi connectivity index (χ1) is 9.49. The zero-order valence-electron chi connectivity index (χ0n) is 10.7. The van der Waals surface area contributed by atoms with Crippen molar-refractivity contribution >= 4 is 23.0 Å². The number of anilines is 1. The van der Waals surface area contributed by atoms with Gasteiger partial charge >= 0.3 is 5.69 Å². The van der Waals surface area contributed by atoms with Crippen LogP contribution in [-0.2, 0) is 6.54 Å². The number of hydrogen-bond acceptors (Lipinski definition) is 3. The molecule has 0 unspecified atom stereocenters. The Morgan fingerprint density at radius 2 is 1.90 bits per heavy atom. The maximum absolute atomic E-state index is 13.6. The summed E-state index contributed by atoms with van der Waals surface area (Å²) in [5, 5.41) is 11.6. The van der Waals surface area contributed by atoms with Gasteiger partial charge in [-0.25, -0.2) is 0 Å². The summed E-state index contributed by atoms with van der Waals surface area (Å²) >= 11 is 5.80. The number of benzene rings is 2. The van der Waals surface area contributed by atoms with Crippen LogP contribution >= 0.6 is 11.6 Å². The molecule has 0 spiro atoms. The number of halogens is 2. The lowest BCUT2D eigenvalue weighted by molar-refractivity contribution is -0.386. The van der Waals surface area contributed by atoms with E-state index in [1.54, 1.807) is 24.1 Å². The number of hydrogen-bond donors (Lipinski definition) is 0. The predicted octanol–water partition coefficient (Wildman–Crippen LogP) is 4.02. The fraction of sp³-hybridized carbons (Fsp3) is 0.143. The van der Waals surface area contributed by atoms with Gasteiger partial charge in [0.25, 0.3) is 0 Å². The van der Waals surface area contributed by atoms with Gasteiger partial charge in [-0.2, -0.15) is 4.39 Å². The molecule has 0 aliphatic carbocycles. The fourth-order valence-corrected chi connectivity index (χ4v) is 2.07. The van der Waals surface area contributed by atoms with Crippen LogP contribution in [0.15, 0.2) is 42.5 Å². The minimum atomic E-state index is -0.838. The van der Waals surface area contributed by atoms with Gasteiger partial charge in [-0.15, -0.1) is 0 Å². The third kappa shape index (κ3) is 3.05.